The molecule has 2 saturated heterocycles. The van der Waals surface area contributed by atoms with Crippen LogP contribution in [0.4, 0.5) is 11.8 Å². The van der Waals surface area contributed by atoms with Crippen molar-refractivity contribution in [3.63, 3.8) is 0 Å². The molecule has 0 radical (unpaired) electrons. The van der Waals surface area contributed by atoms with Crippen LogP contribution in [0.25, 0.3) is 0 Å². The van der Waals surface area contributed by atoms with Crippen LogP contribution in [0.15, 0.2) is 30.3 Å². The number of nitrogens with zero attached hydrogens (tertiary/aromatic N) is 3. The van der Waals surface area contributed by atoms with E-state index in [0.29, 0.717) is 30.8 Å². The number of thiocarbonyl (C=S) groups is 1. The van der Waals surface area contributed by atoms with Crippen molar-refractivity contribution in [1.82, 2.24) is 15.3 Å². The summed E-state index contributed by atoms with van der Waals surface area (Å²) in [5.41, 5.74) is 2.09. The van der Waals surface area contributed by atoms with Crippen molar-refractivity contribution in [1.29, 1.82) is 0 Å². The van der Waals surface area contributed by atoms with Gasteiger partial charge < -0.3 is 25.0 Å². The van der Waals surface area contributed by atoms with E-state index in [1.165, 1.54) is 5.56 Å². The first-order chi connectivity index (χ1) is 15.0. The highest BCUT2D eigenvalue weighted by Crippen LogP contribution is 2.35. The number of rotatable bonds is 5. The van der Waals surface area contributed by atoms with E-state index >= 15 is 0 Å². The van der Waals surface area contributed by atoms with Gasteiger partial charge in [-0.25, -0.2) is 4.98 Å². The van der Waals surface area contributed by atoms with Gasteiger partial charge in [0, 0.05) is 55.0 Å². The van der Waals surface area contributed by atoms with Crippen molar-refractivity contribution >= 4 is 40.7 Å². The second kappa shape index (κ2) is 10.1. The lowest BCUT2D eigenvalue weighted by atomic mass is 9.74. The van der Waals surface area contributed by atoms with E-state index in [4.69, 9.17) is 33.3 Å². The van der Waals surface area contributed by atoms with Gasteiger partial charge in [-0.15, -0.1) is 0 Å². The molecule has 0 aliphatic carbocycles. The molecule has 0 saturated carbocycles. The molecule has 4 rings (SSSR count). The summed E-state index contributed by atoms with van der Waals surface area (Å²) in [6.07, 6.45) is 1.85. The minimum absolute atomic E-state index is 0.0546. The monoisotopic (exact) mass is 461 g/mol. The molecule has 0 spiro atoms. The largest absolute Gasteiger partial charge is 0.381 e. The first-order valence-electron chi connectivity index (χ1n) is 10.6. The third kappa shape index (κ3) is 5.63. The minimum atomic E-state index is -0.0546. The number of ether oxygens (including phenoxy) is 2. The second-order valence-corrected chi connectivity index (χ2v) is 8.84. The van der Waals surface area contributed by atoms with Crippen molar-refractivity contribution in [3.05, 3.63) is 46.6 Å². The van der Waals surface area contributed by atoms with Gasteiger partial charge in [0.15, 0.2) is 5.11 Å². The molecule has 0 atom stereocenters. The van der Waals surface area contributed by atoms with Crippen LogP contribution in [0.2, 0.25) is 5.02 Å². The first-order valence-corrected chi connectivity index (χ1v) is 11.4. The van der Waals surface area contributed by atoms with Crippen molar-refractivity contribution in [3.8, 4) is 0 Å². The average Bonchev–Trinajstić information content (AvgIpc) is 2.79. The van der Waals surface area contributed by atoms with E-state index in [9.17, 15) is 0 Å². The Morgan fingerprint density at radius 2 is 1.77 bits per heavy atom. The van der Waals surface area contributed by atoms with E-state index < -0.39 is 0 Å². The van der Waals surface area contributed by atoms with E-state index in [2.05, 4.69) is 37.6 Å². The zero-order valence-electron chi connectivity index (χ0n) is 17.7. The number of hydrogen-bond acceptors (Lipinski definition) is 6. The molecule has 2 fully saturated rings. The molecule has 0 unspecified atom stereocenters. The maximum atomic E-state index is 6.10. The molecule has 2 aliphatic rings. The van der Waals surface area contributed by atoms with Crippen molar-refractivity contribution < 1.29 is 9.47 Å². The molecule has 2 aromatic rings. The lowest BCUT2D eigenvalue weighted by Crippen LogP contribution is -2.45. The fourth-order valence-corrected chi connectivity index (χ4v) is 4.38. The van der Waals surface area contributed by atoms with Crippen LogP contribution in [0.5, 0.6) is 0 Å². The van der Waals surface area contributed by atoms with Gasteiger partial charge in [-0.1, -0.05) is 23.7 Å². The number of benzene rings is 1. The lowest BCUT2D eigenvalue weighted by molar-refractivity contribution is 0.0515. The molecule has 0 bridgehead atoms. The average molecular weight is 462 g/mol. The van der Waals surface area contributed by atoms with Gasteiger partial charge in [0.2, 0.25) is 5.95 Å². The molecule has 1 aromatic carbocycles. The first kappa shape index (κ1) is 22.2. The van der Waals surface area contributed by atoms with Gasteiger partial charge in [0.1, 0.15) is 5.82 Å². The Balaban J connectivity index is 1.43. The molecule has 2 aliphatic heterocycles. The third-order valence-corrected chi connectivity index (χ3v) is 6.39. The Morgan fingerprint density at radius 1 is 1.10 bits per heavy atom. The highest BCUT2D eigenvalue weighted by molar-refractivity contribution is 7.80. The summed E-state index contributed by atoms with van der Waals surface area (Å²) in [6.45, 7) is 7.19. The molecular weight excluding hydrogens is 434 g/mol. The van der Waals surface area contributed by atoms with Crippen molar-refractivity contribution in [2.24, 2.45) is 0 Å². The van der Waals surface area contributed by atoms with Gasteiger partial charge in [-0.2, -0.15) is 4.98 Å². The van der Waals surface area contributed by atoms with Crippen LogP contribution in [0.1, 0.15) is 24.1 Å². The smallest absolute Gasteiger partial charge is 0.231 e. The summed E-state index contributed by atoms with van der Waals surface area (Å²) < 4.78 is 11.1. The quantitative estimate of drug-likeness (QED) is 0.657. The maximum absolute atomic E-state index is 6.10. The lowest BCUT2D eigenvalue weighted by Gasteiger charge is -2.38. The Morgan fingerprint density at radius 3 is 2.48 bits per heavy atom. The van der Waals surface area contributed by atoms with E-state index in [0.717, 1.165) is 55.7 Å². The second-order valence-electron chi connectivity index (χ2n) is 8.00. The minimum Gasteiger partial charge on any atom is -0.381 e. The molecule has 9 heteroatoms. The van der Waals surface area contributed by atoms with Gasteiger partial charge in [0.25, 0.3) is 0 Å². The number of aryl methyl sites for hydroxylation is 1. The van der Waals surface area contributed by atoms with Crippen LogP contribution in [-0.2, 0) is 14.9 Å². The Hall–Kier alpha value is -2.00. The number of nitrogens with one attached hydrogen (secondary N) is 2. The Bertz CT molecular complexity index is 899. The number of halogens is 1. The summed E-state index contributed by atoms with van der Waals surface area (Å²) in [5, 5.41) is 7.81. The van der Waals surface area contributed by atoms with Crippen LogP contribution in [0, 0.1) is 6.92 Å². The van der Waals surface area contributed by atoms with Crippen LogP contribution < -0.4 is 15.5 Å². The van der Waals surface area contributed by atoms with E-state index in [-0.39, 0.29) is 5.41 Å². The van der Waals surface area contributed by atoms with Crippen LogP contribution in [-0.4, -0.2) is 61.1 Å². The number of aromatic nitrogens is 2. The van der Waals surface area contributed by atoms with Crippen LogP contribution >= 0.6 is 23.8 Å². The fraction of sp³-hybridized carbons (Fsp3) is 0.500. The highest BCUT2D eigenvalue weighted by atomic mass is 35.5. The van der Waals surface area contributed by atoms with Gasteiger partial charge in [-0.3, -0.25) is 0 Å². The van der Waals surface area contributed by atoms with Gasteiger partial charge in [-0.05, 0) is 49.7 Å². The van der Waals surface area contributed by atoms with Crippen molar-refractivity contribution in [2.75, 3.05) is 56.3 Å². The summed E-state index contributed by atoms with van der Waals surface area (Å²) in [7, 11) is 0. The maximum Gasteiger partial charge on any atom is 0.231 e. The number of hydrogen-bond donors (Lipinski definition) is 2. The molecule has 3 heterocycles. The molecule has 166 valence electrons. The number of anilines is 2. The van der Waals surface area contributed by atoms with Gasteiger partial charge in [0.05, 0.1) is 13.2 Å². The normalized spacial score (nSPS) is 18.5. The summed E-state index contributed by atoms with van der Waals surface area (Å²) in [5.74, 6) is 1.40. The third-order valence-electron chi connectivity index (χ3n) is 5.89. The molecular formula is C22H28ClN5O2S. The zero-order valence-corrected chi connectivity index (χ0v) is 19.3. The van der Waals surface area contributed by atoms with Gasteiger partial charge >= 0.3 is 0 Å². The molecule has 1 aromatic heterocycles. The Labute approximate surface area is 193 Å². The predicted molar refractivity (Wildman–Crippen MR) is 127 cm³/mol. The van der Waals surface area contributed by atoms with E-state index in [1.807, 2.05) is 25.1 Å². The highest BCUT2D eigenvalue weighted by Gasteiger charge is 2.34. The topological polar surface area (TPSA) is 71.5 Å². The fourth-order valence-electron chi connectivity index (χ4n) is 4.09. The predicted octanol–water partition coefficient (Wildman–Crippen LogP) is 3.31. The summed E-state index contributed by atoms with van der Waals surface area (Å²) >= 11 is 11.7. The van der Waals surface area contributed by atoms with Crippen molar-refractivity contribution in [2.45, 2.75) is 25.2 Å². The summed E-state index contributed by atoms with van der Waals surface area (Å²) in [6, 6.07) is 10.1. The van der Waals surface area contributed by atoms with E-state index in [1.54, 1.807) is 0 Å². The summed E-state index contributed by atoms with van der Waals surface area (Å²) in [4.78, 5) is 11.4. The zero-order chi connectivity index (χ0) is 21.7. The number of morpholine rings is 1. The molecule has 2 N–H and O–H groups in total. The molecule has 31 heavy (non-hydrogen) atoms. The van der Waals surface area contributed by atoms with Crippen LogP contribution in [0.3, 0.4) is 0 Å². The Kier molecular flexibility index (Phi) is 7.22. The SMILES string of the molecule is Cc1cc(N2CCOCC2)nc(NC(=S)NCC2(c3ccc(Cl)cc3)CCOCC2)n1. The molecule has 0 amide bonds. The molecule has 7 nitrogen and oxygen atoms in total. The standard InChI is InChI=1S/C22H28ClN5O2S/c1-16-14-19(28-8-12-30-13-9-28)26-20(25-16)27-21(31)24-15-22(6-10-29-11-7-22)17-2-4-18(23)5-3-17/h2-5,14H,6-13,15H2,1H3,(H2,24,25,26,27,31).